The average molecular weight is 524 g/mol. The molecule has 0 aliphatic carbocycles. The highest BCUT2D eigenvalue weighted by atomic mass is 19.1. The summed E-state index contributed by atoms with van der Waals surface area (Å²) >= 11 is 0. The van der Waals surface area contributed by atoms with Crippen LogP contribution in [0.5, 0.6) is 5.88 Å². The molecule has 0 aliphatic rings. The SMILES string of the molecule is C=O.CCCCC(C)=O.CF.CNc1ccc(F)c(Nc2cccncc(OC)nc(C)c2[N+](=O)[O-])c1. The first-order valence-corrected chi connectivity index (χ1v) is 11.0. The molecule has 2 N–H and O–H groups in total. The highest BCUT2D eigenvalue weighted by Crippen LogP contribution is 2.30. The van der Waals surface area contributed by atoms with E-state index in [2.05, 4.69) is 27.5 Å². The third-order valence-corrected chi connectivity index (χ3v) is 4.29. The second-order valence-electron chi connectivity index (χ2n) is 6.92. The van der Waals surface area contributed by atoms with E-state index < -0.39 is 10.7 Å². The molecule has 0 bridgehead atoms. The van der Waals surface area contributed by atoms with Gasteiger partial charge < -0.3 is 25.0 Å². The Morgan fingerprint density at radius 3 is 2.35 bits per heavy atom. The summed E-state index contributed by atoms with van der Waals surface area (Å²) in [5, 5.41) is 17.3. The van der Waals surface area contributed by atoms with Crippen LogP contribution in [-0.4, -0.2) is 48.8 Å². The third kappa shape index (κ3) is 14.1. The van der Waals surface area contributed by atoms with Gasteiger partial charge in [0.25, 0.3) is 0 Å². The number of unbranched alkanes of at least 4 members (excludes halogenated alkanes) is 1. The summed E-state index contributed by atoms with van der Waals surface area (Å²) in [4.78, 5) is 37.3. The van der Waals surface area contributed by atoms with Crippen LogP contribution >= 0.6 is 0 Å². The molecule has 0 fully saturated rings. The van der Waals surface area contributed by atoms with Gasteiger partial charge in [-0.05, 0) is 50.6 Å². The molecule has 1 aromatic carbocycles. The molecule has 0 atom stereocenters. The fourth-order valence-corrected chi connectivity index (χ4v) is 2.59. The number of hydrogen-bond acceptors (Lipinski definition) is 9. The molecule has 1 heterocycles. The lowest BCUT2D eigenvalue weighted by Crippen LogP contribution is -2.01. The van der Waals surface area contributed by atoms with Crippen molar-refractivity contribution in [3.05, 3.63) is 64.4 Å². The minimum absolute atomic E-state index is 0.0622. The normalized spacial score (nSPS) is 8.86. The van der Waals surface area contributed by atoms with Crippen molar-refractivity contribution in [2.24, 2.45) is 0 Å². The van der Waals surface area contributed by atoms with Crippen LogP contribution in [0.15, 0.2) is 42.7 Å². The molecule has 37 heavy (non-hydrogen) atoms. The van der Waals surface area contributed by atoms with Gasteiger partial charge in [0, 0.05) is 25.4 Å². The zero-order chi connectivity index (χ0) is 28.8. The van der Waals surface area contributed by atoms with Crippen LogP contribution in [0, 0.1) is 22.9 Å². The Morgan fingerprint density at radius 1 is 1.22 bits per heavy atom. The minimum atomic E-state index is -0.586. The Labute approximate surface area is 216 Å². The van der Waals surface area contributed by atoms with Crippen molar-refractivity contribution in [1.29, 1.82) is 0 Å². The van der Waals surface area contributed by atoms with Crippen molar-refractivity contribution in [2.45, 2.75) is 40.0 Å². The predicted molar refractivity (Wildman–Crippen MR) is 141 cm³/mol. The van der Waals surface area contributed by atoms with Gasteiger partial charge in [0.2, 0.25) is 5.88 Å². The molecule has 1 aromatic heterocycles. The van der Waals surface area contributed by atoms with E-state index in [-0.39, 0.29) is 28.6 Å². The molecule has 0 spiro atoms. The standard InChI is InChI=1S/C17H18FN5O3.C6H12O.CH3F.CH2O/c1-11-17(23(24)25)14(5-4-8-20-10-16(21-11)26-3)22-15-9-12(19-2)6-7-13(15)18;1-3-4-5-6(2)7;2*1-2/h4-10,19,22H,1-3H3;3-5H2,1-2H3;1H3;1H2. The fraction of sp³-hybridized carbons (Fsp3) is 0.360. The van der Waals surface area contributed by atoms with Crippen molar-refractivity contribution in [2.75, 3.05) is 32.0 Å². The lowest BCUT2D eigenvalue weighted by atomic mass is 10.2. The van der Waals surface area contributed by atoms with E-state index in [9.17, 15) is 23.7 Å². The molecule has 204 valence electrons. The van der Waals surface area contributed by atoms with Crippen LogP contribution in [0.25, 0.3) is 0 Å². The van der Waals surface area contributed by atoms with Crippen molar-refractivity contribution >= 4 is 35.3 Å². The number of aromatic nitrogens is 2. The first-order valence-electron chi connectivity index (χ1n) is 11.0. The smallest absolute Gasteiger partial charge is 0.313 e. The number of carbonyl (C=O) groups is 2. The number of nitrogens with zero attached hydrogens (tertiary/aromatic N) is 3. The van der Waals surface area contributed by atoms with Crippen LogP contribution in [0.1, 0.15) is 38.8 Å². The minimum Gasteiger partial charge on any atom is -0.480 e. The predicted octanol–water partition coefficient (Wildman–Crippen LogP) is 5.92. The quantitative estimate of drug-likeness (QED) is 0.319. The average Bonchev–Trinajstić information content (AvgIpc) is 2.90. The molecule has 0 unspecified atom stereocenters. The monoisotopic (exact) mass is 523 g/mol. The molecule has 0 saturated heterocycles. The fourth-order valence-electron chi connectivity index (χ4n) is 2.59. The second-order valence-corrected chi connectivity index (χ2v) is 6.92. The number of aryl methyl sites for hydroxylation is 1. The number of ketones is 1. The van der Waals surface area contributed by atoms with Crippen LogP contribution in [0.2, 0.25) is 0 Å². The number of halogens is 2. The molecule has 12 heteroatoms. The number of alkyl halides is 1. The Kier molecular flexibility index (Phi) is 19.9. The summed E-state index contributed by atoms with van der Waals surface area (Å²) in [6.45, 7) is 7.19. The Hall–Kier alpha value is -4.22. The number of nitro groups is 1. The molecule has 0 amide bonds. The Balaban J connectivity index is 0. The van der Waals surface area contributed by atoms with Crippen molar-refractivity contribution < 1.29 is 28.0 Å². The first-order chi connectivity index (χ1) is 17.7. The third-order valence-electron chi connectivity index (χ3n) is 4.29. The molecule has 2 rings (SSSR count). The van der Waals surface area contributed by atoms with Gasteiger partial charge in [-0.1, -0.05) is 13.3 Å². The van der Waals surface area contributed by atoms with E-state index in [1.807, 2.05) is 6.79 Å². The number of carbonyl (C=O) groups excluding carboxylic acids is 2. The first kappa shape index (κ1) is 34.9. The van der Waals surface area contributed by atoms with Gasteiger partial charge in [0.1, 0.15) is 29.8 Å². The van der Waals surface area contributed by atoms with Gasteiger partial charge in [-0.2, -0.15) is 0 Å². The number of nitrogens with one attached hydrogen (secondary N) is 2. The van der Waals surface area contributed by atoms with Crippen LogP contribution < -0.4 is 15.4 Å². The summed E-state index contributed by atoms with van der Waals surface area (Å²) in [5.41, 5.74) is 0.566. The van der Waals surface area contributed by atoms with E-state index in [1.165, 1.54) is 50.7 Å². The molecule has 0 radical (unpaired) electrons. The van der Waals surface area contributed by atoms with Gasteiger partial charge in [-0.15, -0.1) is 0 Å². The summed E-state index contributed by atoms with van der Waals surface area (Å²) in [6, 6.07) is 7.25. The molecular weight excluding hydrogens is 488 g/mol. The molecular formula is C25H35F2N5O5. The summed E-state index contributed by atoms with van der Waals surface area (Å²) in [5.74, 6) is -0.136. The number of anilines is 3. The number of hydrogen-bond donors (Lipinski definition) is 2. The van der Waals surface area contributed by atoms with E-state index in [4.69, 9.17) is 9.53 Å². The van der Waals surface area contributed by atoms with Gasteiger partial charge in [-0.3, -0.25) is 19.5 Å². The molecule has 0 aliphatic heterocycles. The Morgan fingerprint density at radius 2 is 1.86 bits per heavy atom. The van der Waals surface area contributed by atoms with Crippen molar-refractivity contribution in [3.8, 4) is 5.88 Å². The molecule has 10 nitrogen and oxygen atoms in total. The summed E-state index contributed by atoms with van der Waals surface area (Å²) < 4.78 is 28.7. The molecule has 0 saturated carbocycles. The molecule has 2 aromatic rings. The second kappa shape index (κ2) is 21.1. The van der Waals surface area contributed by atoms with E-state index in [0.29, 0.717) is 18.6 Å². The topological polar surface area (TPSA) is 136 Å². The van der Waals surface area contributed by atoms with Crippen LogP contribution in [0.3, 0.4) is 0 Å². The number of methoxy groups -OCH3 is 1. The largest absolute Gasteiger partial charge is 0.480 e. The number of benzene rings is 1. The maximum absolute atomic E-state index is 14.1. The number of rotatable bonds is 8. The zero-order valence-corrected chi connectivity index (χ0v) is 22.0. The maximum atomic E-state index is 14.1. The van der Waals surface area contributed by atoms with Crippen LogP contribution in [-0.2, 0) is 9.59 Å². The summed E-state index contributed by atoms with van der Waals surface area (Å²) in [6.07, 6.45) is 5.68. The van der Waals surface area contributed by atoms with E-state index in [1.54, 1.807) is 20.0 Å². The van der Waals surface area contributed by atoms with Gasteiger partial charge in [-0.25, -0.2) is 9.37 Å². The lowest BCUT2D eigenvalue weighted by Gasteiger charge is -2.10. The highest BCUT2D eigenvalue weighted by molar-refractivity contribution is 5.75. The van der Waals surface area contributed by atoms with E-state index >= 15 is 0 Å². The Bertz CT molecular complexity index is 1040. The van der Waals surface area contributed by atoms with Gasteiger partial charge in [0.05, 0.1) is 31.1 Å². The van der Waals surface area contributed by atoms with Gasteiger partial charge in [0.15, 0.2) is 0 Å². The van der Waals surface area contributed by atoms with Crippen molar-refractivity contribution in [3.63, 3.8) is 0 Å². The summed E-state index contributed by atoms with van der Waals surface area (Å²) in [7, 11) is 3.57. The highest BCUT2D eigenvalue weighted by Gasteiger charge is 2.18. The van der Waals surface area contributed by atoms with Gasteiger partial charge >= 0.3 is 5.69 Å². The zero-order valence-electron chi connectivity index (χ0n) is 22.0. The van der Waals surface area contributed by atoms with Crippen molar-refractivity contribution in [1.82, 2.24) is 9.97 Å². The maximum Gasteiger partial charge on any atom is 0.313 e. The lowest BCUT2D eigenvalue weighted by molar-refractivity contribution is -0.384. The number of ether oxygens (including phenoxy) is 1. The van der Waals surface area contributed by atoms with E-state index in [0.717, 1.165) is 19.3 Å². The van der Waals surface area contributed by atoms with Crippen LogP contribution in [0.4, 0.5) is 31.5 Å². The number of Topliss-reactive ketones (excluding diaryl/α,β-unsaturated/α-hetero) is 1.